The van der Waals surface area contributed by atoms with E-state index in [1.165, 1.54) is 96.0 Å². The smallest absolute Gasteiger partial charge is 0.327 e. The molecular weight excluding hydrogens is 328 g/mol. The van der Waals surface area contributed by atoms with Crippen molar-refractivity contribution >= 4 is 5.97 Å². The van der Waals surface area contributed by atoms with Gasteiger partial charge in [0, 0.05) is 23.1 Å². The fourth-order valence-corrected chi connectivity index (χ4v) is 2.82. The Morgan fingerprint density at radius 1 is 0.696 bits per heavy atom. The van der Waals surface area contributed by atoms with E-state index in [2.05, 4.69) is 6.92 Å². The fourth-order valence-electron chi connectivity index (χ4n) is 2.82. The molecule has 0 bridgehead atoms. The number of carboxylic acids is 1. The van der Waals surface area contributed by atoms with E-state index in [0.717, 1.165) is 12.8 Å². The molecule has 0 aliphatic heterocycles. The molecule has 0 spiro atoms. The largest absolute Gasteiger partial charge is 0.478 e. The molecule has 0 aromatic carbocycles. The van der Waals surface area contributed by atoms with Crippen molar-refractivity contribution in [1.29, 1.82) is 0 Å². The molecule has 0 saturated carbocycles. The molecule has 2 nitrogen and oxygen atoms in total. The van der Waals surface area contributed by atoms with Crippen LogP contribution in [0.1, 0.15) is 110 Å². The number of unbranched alkanes of at least 4 members (excludes halogenated alkanes) is 15. The third-order valence-corrected chi connectivity index (χ3v) is 4.23. The second-order valence-electron chi connectivity index (χ2n) is 6.48. The Balaban J connectivity index is 0. The van der Waals surface area contributed by atoms with Crippen LogP contribution >= 0.6 is 0 Å². The molecule has 0 rings (SSSR count). The predicted molar refractivity (Wildman–Crippen MR) is 96.3 cm³/mol. The average molecular weight is 366 g/mol. The van der Waals surface area contributed by atoms with Crippen molar-refractivity contribution in [2.45, 2.75) is 110 Å². The van der Waals surface area contributed by atoms with E-state index < -0.39 is 5.97 Å². The van der Waals surface area contributed by atoms with Gasteiger partial charge in [-0.15, -0.1) is 0 Å². The van der Waals surface area contributed by atoms with E-state index in [1.807, 2.05) is 0 Å². The molecule has 0 radical (unpaired) electrons. The normalized spacial score (nSPS) is 10.8. The summed E-state index contributed by atoms with van der Waals surface area (Å²) in [6.45, 7) is 2.27. The van der Waals surface area contributed by atoms with Gasteiger partial charge in [0.25, 0.3) is 0 Å². The summed E-state index contributed by atoms with van der Waals surface area (Å²) in [5.41, 5.74) is 0. The molecule has 0 aromatic heterocycles. The Morgan fingerprint density at radius 2 is 1.04 bits per heavy atom. The minimum Gasteiger partial charge on any atom is -0.478 e. The first kappa shape index (κ1) is 25.0. The third kappa shape index (κ3) is 24.1. The zero-order valence-corrected chi connectivity index (χ0v) is 16.3. The second-order valence-corrected chi connectivity index (χ2v) is 6.48. The summed E-state index contributed by atoms with van der Waals surface area (Å²) in [6.07, 6.45) is 24.5. The molecule has 0 heterocycles. The molecule has 0 amide bonds. The maximum absolute atomic E-state index is 10.3. The van der Waals surface area contributed by atoms with Crippen LogP contribution in [0.2, 0.25) is 0 Å². The monoisotopic (exact) mass is 366 g/mol. The van der Waals surface area contributed by atoms with Gasteiger partial charge in [-0.1, -0.05) is 103 Å². The van der Waals surface area contributed by atoms with E-state index >= 15 is 0 Å². The van der Waals surface area contributed by atoms with Crippen molar-refractivity contribution in [3.05, 3.63) is 12.2 Å². The van der Waals surface area contributed by atoms with Crippen LogP contribution in [0.15, 0.2) is 12.2 Å². The first-order chi connectivity index (χ1) is 10.8. The van der Waals surface area contributed by atoms with E-state index in [4.69, 9.17) is 5.11 Å². The van der Waals surface area contributed by atoms with Gasteiger partial charge >= 0.3 is 5.97 Å². The number of hydrogen-bond acceptors (Lipinski definition) is 1. The molecule has 0 atom stereocenters. The average Bonchev–Trinajstić information content (AvgIpc) is 2.50. The van der Waals surface area contributed by atoms with Crippen LogP contribution in [0.4, 0.5) is 0 Å². The van der Waals surface area contributed by atoms with Crippen LogP contribution in [0.25, 0.3) is 0 Å². The zero-order valence-electron chi connectivity index (χ0n) is 15.2. The van der Waals surface area contributed by atoms with Gasteiger partial charge in [0.15, 0.2) is 0 Å². The minimum atomic E-state index is -0.832. The second kappa shape index (κ2) is 21.7. The third-order valence-electron chi connectivity index (χ3n) is 4.23. The molecule has 0 aliphatic rings. The Kier molecular flexibility index (Phi) is 23.6. The van der Waals surface area contributed by atoms with Gasteiger partial charge in [-0.3, -0.25) is 0 Å². The number of aliphatic carboxylic acids is 1. The van der Waals surface area contributed by atoms with Crippen LogP contribution in [-0.2, 0) is 21.9 Å². The number of rotatable bonds is 17. The summed E-state index contributed by atoms with van der Waals surface area (Å²) in [7, 11) is 0. The minimum absolute atomic E-state index is 0. The number of allylic oxidation sites excluding steroid dienone is 1. The van der Waals surface area contributed by atoms with Crippen molar-refractivity contribution in [2.75, 3.05) is 0 Å². The Labute approximate surface area is 155 Å². The van der Waals surface area contributed by atoms with Crippen molar-refractivity contribution in [3.63, 3.8) is 0 Å². The molecule has 0 aromatic rings. The topological polar surface area (TPSA) is 37.3 Å². The summed E-state index contributed by atoms with van der Waals surface area (Å²) in [5.74, 6) is -0.832. The maximum Gasteiger partial charge on any atom is 0.327 e. The Hall–Kier alpha value is -0.271. The molecule has 1 N–H and O–H groups in total. The van der Waals surface area contributed by atoms with E-state index in [-0.39, 0.29) is 17.1 Å². The first-order valence-corrected chi connectivity index (χ1v) is 9.67. The summed E-state index contributed by atoms with van der Waals surface area (Å²) in [4.78, 5) is 10.3. The first-order valence-electron chi connectivity index (χ1n) is 9.67. The molecule has 3 heteroatoms. The quantitative estimate of drug-likeness (QED) is 0.173. The SMILES string of the molecule is CCCCCCCCCCCCCCCCCC=CC(=O)O.[Fe]. The number of carboxylic acid groups (broad SMARTS) is 1. The molecule has 138 valence electrons. The van der Waals surface area contributed by atoms with Crippen LogP contribution in [0, 0.1) is 0 Å². The maximum atomic E-state index is 10.3. The van der Waals surface area contributed by atoms with Gasteiger partial charge in [-0.05, 0) is 12.8 Å². The van der Waals surface area contributed by atoms with Crippen LogP contribution in [-0.4, -0.2) is 11.1 Å². The van der Waals surface area contributed by atoms with Crippen molar-refractivity contribution in [2.24, 2.45) is 0 Å². The van der Waals surface area contributed by atoms with Crippen LogP contribution < -0.4 is 0 Å². The van der Waals surface area contributed by atoms with Gasteiger partial charge in [0.1, 0.15) is 0 Å². The number of carbonyl (C=O) groups is 1. The molecule has 0 unspecified atom stereocenters. The Morgan fingerprint density at radius 3 is 1.39 bits per heavy atom. The predicted octanol–water partition coefficient (Wildman–Crippen LogP) is 6.89. The van der Waals surface area contributed by atoms with Crippen LogP contribution in [0.5, 0.6) is 0 Å². The van der Waals surface area contributed by atoms with Crippen molar-refractivity contribution in [1.82, 2.24) is 0 Å². The fraction of sp³-hybridized carbons (Fsp3) is 0.850. The Bertz CT molecular complexity index is 264. The van der Waals surface area contributed by atoms with Crippen molar-refractivity contribution < 1.29 is 27.0 Å². The van der Waals surface area contributed by atoms with Crippen molar-refractivity contribution in [3.8, 4) is 0 Å². The van der Waals surface area contributed by atoms with Gasteiger partial charge < -0.3 is 5.11 Å². The van der Waals surface area contributed by atoms with Crippen LogP contribution in [0.3, 0.4) is 0 Å². The molecule has 0 fully saturated rings. The number of hydrogen-bond donors (Lipinski definition) is 1. The van der Waals surface area contributed by atoms with Gasteiger partial charge in [-0.25, -0.2) is 4.79 Å². The van der Waals surface area contributed by atoms with E-state index in [1.54, 1.807) is 6.08 Å². The van der Waals surface area contributed by atoms with Gasteiger partial charge in [0.05, 0.1) is 0 Å². The standard InChI is InChI=1S/C20H38O2.Fe/c1-2-3-4-5-6-7-8-9-10-11-12-13-14-15-16-17-18-19-20(21)22;/h18-19H,2-17H2,1H3,(H,21,22);. The van der Waals surface area contributed by atoms with E-state index in [0.29, 0.717) is 0 Å². The summed E-state index contributed by atoms with van der Waals surface area (Å²) < 4.78 is 0. The molecule has 0 saturated heterocycles. The van der Waals surface area contributed by atoms with Gasteiger partial charge in [-0.2, -0.15) is 0 Å². The summed E-state index contributed by atoms with van der Waals surface area (Å²) in [5, 5.41) is 8.45. The van der Waals surface area contributed by atoms with E-state index in [9.17, 15) is 4.79 Å². The molecule has 0 aliphatic carbocycles. The summed E-state index contributed by atoms with van der Waals surface area (Å²) >= 11 is 0. The molecular formula is C20H38FeO2. The summed E-state index contributed by atoms with van der Waals surface area (Å²) in [6, 6.07) is 0. The molecule has 23 heavy (non-hydrogen) atoms. The van der Waals surface area contributed by atoms with Gasteiger partial charge in [0.2, 0.25) is 0 Å². The zero-order chi connectivity index (χ0) is 16.3.